The molecule has 23 heavy (non-hydrogen) atoms. The molecule has 0 amide bonds. The maximum atomic E-state index is 4.98. The molecular weight excluding hydrogens is 284 g/mol. The van der Waals surface area contributed by atoms with Gasteiger partial charge in [0.1, 0.15) is 5.82 Å². The molecular formula is C19H20N4. The van der Waals surface area contributed by atoms with Gasteiger partial charge in [0.05, 0.1) is 16.7 Å². The van der Waals surface area contributed by atoms with E-state index in [-0.39, 0.29) is 0 Å². The molecule has 4 heteroatoms. The lowest BCUT2D eigenvalue weighted by Gasteiger charge is -2.06. The molecule has 0 unspecified atom stereocenters. The van der Waals surface area contributed by atoms with Gasteiger partial charge in [-0.3, -0.25) is 5.10 Å². The third-order valence-electron chi connectivity index (χ3n) is 5.54. The summed E-state index contributed by atoms with van der Waals surface area (Å²) in [6, 6.07) is 6.56. The minimum absolute atomic E-state index is 0.658. The molecule has 3 aromatic rings. The first-order chi connectivity index (χ1) is 11.4. The Morgan fingerprint density at radius 3 is 2.43 bits per heavy atom. The van der Waals surface area contributed by atoms with Crippen molar-refractivity contribution in [2.75, 3.05) is 0 Å². The molecule has 3 aliphatic carbocycles. The van der Waals surface area contributed by atoms with Gasteiger partial charge >= 0.3 is 0 Å². The fourth-order valence-electron chi connectivity index (χ4n) is 3.78. The zero-order valence-corrected chi connectivity index (χ0v) is 13.1. The Kier molecular flexibility index (Phi) is 2.28. The Bertz CT molecular complexity index is 877. The average molecular weight is 304 g/mol. The number of hydrogen-bond acceptors (Lipinski definition) is 2. The van der Waals surface area contributed by atoms with E-state index in [1.807, 2.05) is 0 Å². The highest BCUT2D eigenvalue weighted by Gasteiger charge is 2.36. The van der Waals surface area contributed by atoms with E-state index in [1.165, 1.54) is 72.4 Å². The highest BCUT2D eigenvalue weighted by Crippen LogP contribution is 2.51. The molecule has 6 rings (SSSR count). The van der Waals surface area contributed by atoms with Crippen molar-refractivity contribution in [2.45, 2.75) is 56.3 Å². The van der Waals surface area contributed by atoms with Crippen molar-refractivity contribution in [1.29, 1.82) is 0 Å². The maximum Gasteiger partial charge on any atom is 0.110 e. The van der Waals surface area contributed by atoms with Gasteiger partial charge in [-0.2, -0.15) is 5.10 Å². The highest BCUT2D eigenvalue weighted by molar-refractivity contribution is 5.94. The van der Waals surface area contributed by atoms with E-state index in [2.05, 4.69) is 28.3 Å². The molecule has 0 saturated heterocycles. The van der Waals surface area contributed by atoms with E-state index in [0.29, 0.717) is 17.8 Å². The molecule has 2 aromatic heterocycles. The quantitative estimate of drug-likeness (QED) is 0.741. The van der Waals surface area contributed by atoms with Gasteiger partial charge in [0.25, 0.3) is 0 Å². The number of aromatic amines is 2. The summed E-state index contributed by atoms with van der Waals surface area (Å²) in [5, 5.41) is 8.09. The Morgan fingerprint density at radius 1 is 0.913 bits per heavy atom. The summed E-state index contributed by atoms with van der Waals surface area (Å²) in [5.41, 5.74) is 7.61. The average Bonchev–Trinajstić information content (AvgIpc) is 3.43. The van der Waals surface area contributed by atoms with Crippen LogP contribution in [-0.4, -0.2) is 20.2 Å². The summed E-state index contributed by atoms with van der Waals surface area (Å²) < 4.78 is 0. The SMILES string of the molecule is c1cc(-c2c(C3CC3)n[nH]c2C2CC2)c2nc(C3CC3)[nH]c2c1. The van der Waals surface area contributed by atoms with Crippen LogP contribution >= 0.6 is 0 Å². The van der Waals surface area contributed by atoms with Gasteiger partial charge in [-0.05, 0) is 44.6 Å². The zero-order chi connectivity index (χ0) is 15.0. The number of imidazole rings is 1. The van der Waals surface area contributed by atoms with E-state index < -0.39 is 0 Å². The summed E-state index contributed by atoms with van der Waals surface area (Å²) in [6.07, 6.45) is 7.72. The second kappa shape index (κ2) is 4.25. The summed E-state index contributed by atoms with van der Waals surface area (Å²) in [5.74, 6) is 3.18. The van der Waals surface area contributed by atoms with E-state index in [0.717, 1.165) is 5.52 Å². The van der Waals surface area contributed by atoms with Gasteiger partial charge in [0.15, 0.2) is 0 Å². The van der Waals surface area contributed by atoms with Gasteiger partial charge in [0.2, 0.25) is 0 Å². The van der Waals surface area contributed by atoms with Crippen molar-refractivity contribution in [3.8, 4) is 11.1 Å². The first kappa shape index (κ1) is 12.3. The van der Waals surface area contributed by atoms with E-state index in [1.54, 1.807) is 0 Å². The van der Waals surface area contributed by atoms with E-state index >= 15 is 0 Å². The number of nitrogens with one attached hydrogen (secondary N) is 2. The number of para-hydroxylation sites is 1. The van der Waals surface area contributed by atoms with E-state index in [4.69, 9.17) is 10.1 Å². The minimum Gasteiger partial charge on any atom is -0.342 e. The second-order valence-corrected chi connectivity index (χ2v) is 7.54. The van der Waals surface area contributed by atoms with Crippen LogP contribution < -0.4 is 0 Å². The standard InChI is InChI=1S/C19H20N4/c1-2-13(18-14(3-1)20-19(21-18)12-8-9-12)15-16(10-4-5-10)22-23-17(15)11-6-7-11/h1-3,10-12H,4-9H2,(H,20,21)(H,22,23). The lowest BCUT2D eigenvalue weighted by Crippen LogP contribution is -1.90. The normalized spacial score (nSPS) is 21.2. The lowest BCUT2D eigenvalue weighted by atomic mass is 9.97. The van der Waals surface area contributed by atoms with Crippen LogP contribution in [-0.2, 0) is 0 Å². The number of rotatable bonds is 4. The van der Waals surface area contributed by atoms with Crippen LogP contribution in [0.15, 0.2) is 18.2 Å². The Morgan fingerprint density at radius 2 is 1.70 bits per heavy atom. The number of aromatic nitrogens is 4. The maximum absolute atomic E-state index is 4.98. The third-order valence-corrected chi connectivity index (χ3v) is 5.54. The van der Waals surface area contributed by atoms with Crippen LogP contribution in [0, 0.1) is 0 Å². The monoisotopic (exact) mass is 304 g/mol. The second-order valence-electron chi connectivity index (χ2n) is 7.54. The van der Waals surface area contributed by atoms with Crippen molar-refractivity contribution in [3.63, 3.8) is 0 Å². The van der Waals surface area contributed by atoms with Crippen LogP contribution in [0.4, 0.5) is 0 Å². The summed E-state index contributed by atoms with van der Waals surface area (Å²) >= 11 is 0. The third kappa shape index (κ3) is 1.90. The summed E-state index contributed by atoms with van der Waals surface area (Å²) in [7, 11) is 0. The predicted octanol–water partition coefficient (Wildman–Crippen LogP) is 4.59. The zero-order valence-electron chi connectivity index (χ0n) is 13.1. The fourth-order valence-corrected chi connectivity index (χ4v) is 3.78. The molecule has 0 bridgehead atoms. The van der Waals surface area contributed by atoms with Crippen LogP contribution in [0.3, 0.4) is 0 Å². The van der Waals surface area contributed by atoms with Crippen molar-refractivity contribution in [2.24, 2.45) is 0 Å². The van der Waals surface area contributed by atoms with Gasteiger partial charge in [-0.25, -0.2) is 4.98 Å². The Hall–Kier alpha value is -2.10. The highest BCUT2D eigenvalue weighted by atomic mass is 15.1. The molecule has 2 N–H and O–H groups in total. The molecule has 3 fully saturated rings. The van der Waals surface area contributed by atoms with Gasteiger partial charge < -0.3 is 4.98 Å². The topological polar surface area (TPSA) is 57.4 Å². The molecule has 116 valence electrons. The number of hydrogen-bond donors (Lipinski definition) is 2. The number of benzene rings is 1. The van der Waals surface area contributed by atoms with Crippen LogP contribution in [0.2, 0.25) is 0 Å². The molecule has 0 atom stereocenters. The molecule has 2 heterocycles. The van der Waals surface area contributed by atoms with Gasteiger partial charge in [-0.15, -0.1) is 0 Å². The molecule has 4 nitrogen and oxygen atoms in total. The number of fused-ring (bicyclic) bond motifs is 1. The van der Waals surface area contributed by atoms with E-state index in [9.17, 15) is 0 Å². The number of nitrogens with zero attached hydrogens (tertiary/aromatic N) is 2. The molecule has 0 spiro atoms. The molecule has 3 saturated carbocycles. The molecule has 0 radical (unpaired) electrons. The van der Waals surface area contributed by atoms with Crippen molar-refractivity contribution < 1.29 is 0 Å². The predicted molar refractivity (Wildman–Crippen MR) is 89.6 cm³/mol. The minimum atomic E-state index is 0.658. The molecule has 0 aliphatic heterocycles. The Balaban J connectivity index is 1.59. The van der Waals surface area contributed by atoms with Crippen LogP contribution in [0.25, 0.3) is 22.2 Å². The van der Waals surface area contributed by atoms with Crippen LogP contribution in [0.5, 0.6) is 0 Å². The lowest BCUT2D eigenvalue weighted by molar-refractivity contribution is 0.926. The summed E-state index contributed by atoms with van der Waals surface area (Å²) in [6.45, 7) is 0. The number of H-pyrrole nitrogens is 2. The molecule has 3 aliphatic rings. The van der Waals surface area contributed by atoms with Crippen molar-refractivity contribution in [1.82, 2.24) is 20.2 Å². The van der Waals surface area contributed by atoms with Crippen molar-refractivity contribution >= 4 is 11.0 Å². The summed E-state index contributed by atoms with van der Waals surface area (Å²) in [4.78, 5) is 8.52. The first-order valence-corrected chi connectivity index (χ1v) is 8.95. The van der Waals surface area contributed by atoms with Crippen molar-refractivity contribution in [3.05, 3.63) is 35.4 Å². The Labute approximate surface area is 134 Å². The largest absolute Gasteiger partial charge is 0.342 e. The first-order valence-electron chi connectivity index (χ1n) is 8.95. The fraction of sp³-hybridized carbons (Fsp3) is 0.474. The van der Waals surface area contributed by atoms with Gasteiger partial charge in [0, 0.05) is 34.6 Å². The van der Waals surface area contributed by atoms with Gasteiger partial charge in [-0.1, -0.05) is 12.1 Å². The smallest absolute Gasteiger partial charge is 0.110 e. The molecule has 1 aromatic carbocycles. The van der Waals surface area contributed by atoms with Crippen LogP contribution in [0.1, 0.15) is 73.5 Å².